The second kappa shape index (κ2) is 6.20. The summed E-state index contributed by atoms with van der Waals surface area (Å²) >= 11 is 1.71. The zero-order valence-corrected chi connectivity index (χ0v) is 13.9. The molecule has 0 N–H and O–H groups in total. The molecule has 2 heterocycles. The van der Waals surface area contributed by atoms with Gasteiger partial charge < -0.3 is 9.13 Å². The Morgan fingerprint density at radius 2 is 2.00 bits per heavy atom. The van der Waals surface area contributed by atoms with E-state index in [1.165, 1.54) is 18.4 Å². The minimum Gasteiger partial charge on any atom is -0.337 e. The molecular weight excluding hydrogens is 306 g/mol. The fourth-order valence-electron chi connectivity index (χ4n) is 2.63. The summed E-state index contributed by atoms with van der Waals surface area (Å²) in [4.78, 5) is 4.38. The van der Waals surface area contributed by atoms with Crippen LogP contribution in [0, 0.1) is 0 Å². The van der Waals surface area contributed by atoms with Crippen molar-refractivity contribution in [1.82, 2.24) is 24.3 Å². The SMILES string of the molecule is Cn1ccnc1CSc1nnc(C2CC2)n1Cc1ccccc1. The molecule has 2 aromatic heterocycles. The highest BCUT2D eigenvalue weighted by molar-refractivity contribution is 7.98. The first-order valence-corrected chi connectivity index (χ1v) is 8.86. The number of thioether (sulfide) groups is 1. The van der Waals surface area contributed by atoms with Gasteiger partial charge in [0, 0.05) is 25.4 Å². The van der Waals surface area contributed by atoms with Gasteiger partial charge in [-0.3, -0.25) is 0 Å². The lowest BCUT2D eigenvalue weighted by atomic mass is 10.2. The van der Waals surface area contributed by atoms with Crippen LogP contribution in [0.15, 0.2) is 47.9 Å². The van der Waals surface area contributed by atoms with Crippen molar-refractivity contribution in [1.29, 1.82) is 0 Å². The summed E-state index contributed by atoms with van der Waals surface area (Å²) in [5.41, 5.74) is 1.29. The standard InChI is InChI=1S/C17H19N5S/c1-21-10-9-18-15(21)12-23-17-20-19-16(14-7-8-14)22(17)11-13-5-3-2-4-6-13/h2-6,9-10,14H,7-8,11-12H2,1H3. The largest absolute Gasteiger partial charge is 0.337 e. The maximum atomic E-state index is 4.46. The number of nitrogens with zero attached hydrogens (tertiary/aromatic N) is 5. The summed E-state index contributed by atoms with van der Waals surface area (Å²) in [6.45, 7) is 0.836. The Morgan fingerprint density at radius 1 is 1.17 bits per heavy atom. The van der Waals surface area contributed by atoms with Gasteiger partial charge in [0.2, 0.25) is 0 Å². The van der Waals surface area contributed by atoms with Crippen molar-refractivity contribution in [2.45, 2.75) is 36.2 Å². The minimum absolute atomic E-state index is 0.591. The van der Waals surface area contributed by atoms with Crippen LogP contribution in [0.25, 0.3) is 0 Å². The minimum atomic E-state index is 0.591. The molecule has 1 aliphatic rings. The quantitative estimate of drug-likeness (QED) is 0.653. The summed E-state index contributed by atoms with van der Waals surface area (Å²) in [6.07, 6.45) is 6.27. The van der Waals surface area contributed by atoms with E-state index in [9.17, 15) is 0 Å². The maximum Gasteiger partial charge on any atom is 0.191 e. The zero-order chi connectivity index (χ0) is 15.6. The van der Waals surface area contributed by atoms with Crippen molar-refractivity contribution in [3.05, 3.63) is 59.9 Å². The van der Waals surface area contributed by atoms with E-state index >= 15 is 0 Å². The number of hydrogen-bond donors (Lipinski definition) is 0. The molecule has 1 fully saturated rings. The van der Waals surface area contributed by atoms with Crippen LogP contribution in [0.1, 0.15) is 36.0 Å². The Hall–Kier alpha value is -2.08. The van der Waals surface area contributed by atoms with Gasteiger partial charge in [-0.25, -0.2) is 4.98 Å². The van der Waals surface area contributed by atoms with E-state index in [0.717, 1.165) is 29.1 Å². The van der Waals surface area contributed by atoms with E-state index in [1.807, 2.05) is 30.1 Å². The number of aromatic nitrogens is 5. The van der Waals surface area contributed by atoms with Crippen molar-refractivity contribution in [2.75, 3.05) is 0 Å². The molecule has 0 spiro atoms. The van der Waals surface area contributed by atoms with Gasteiger partial charge in [0.05, 0.1) is 12.3 Å². The molecule has 23 heavy (non-hydrogen) atoms. The van der Waals surface area contributed by atoms with Gasteiger partial charge in [0.25, 0.3) is 0 Å². The first-order chi connectivity index (χ1) is 11.3. The summed E-state index contributed by atoms with van der Waals surface area (Å²) < 4.78 is 4.33. The Balaban J connectivity index is 1.57. The highest BCUT2D eigenvalue weighted by Gasteiger charge is 2.30. The lowest BCUT2D eigenvalue weighted by Gasteiger charge is -2.10. The Kier molecular flexibility index (Phi) is 3.91. The molecule has 5 nitrogen and oxygen atoms in total. The normalized spacial score (nSPS) is 14.3. The molecule has 0 bridgehead atoms. The first-order valence-electron chi connectivity index (χ1n) is 7.87. The monoisotopic (exact) mass is 325 g/mol. The fourth-order valence-corrected chi connectivity index (χ4v) is 3.58. The predicted molar refractivity (Wildman–Crippen MR) is 90.3 cm³/mol. The van der Waals surface area contributed by atoms with E-state index in [4.69, 9.17) is 0 Å². The summed E-state index contributed by atoms with van der Waals surface area (Å²) in [6, 6.07) is 10.5. The van der Waals surface area contributed by atoms with Crippen LogP contribution in [-0.4, -0.2) is 24.3 Å². The smallest absolute Gasteiger partial charge is 0.191 e. The number of imidazole rings is 1. The number of hydrogen-bond acceptors (Lipinski definition) is 4. The van der Waals surface area contributed by atoms with Crippen molar-refractivity contribution in [2.24, 2.45) is 7.05 Å². The zero-order valence-electron chi connectivity index (χ0n) is 13.1. The third-order valence-corrected chi connectivity index (χ3v) is 5.09. The molecule has 6 heteroatoms. The molecule has 1 aromatic carbocycles. The summed E-state index contributed by atoms with van der Waals surface area (Å²) in [7, 11) is 2.02. The molecule has 118 valence electrons. The van der Waals surface area contributed by atoms with Crippen molar-refractivity contribution >= 4 is 11.8 Å². The summed E-state index contributed by atoms with van der Waals surface area (Å²) in [5, 5.41) is 9.89. The lowest BCUT2D eigenvalue weighted by Crippen LogP contribution is -2.06. The number of rotatable bonds is 6. The van der Waals surface area contributed by atoms with E-state index in [0.29, 0.717) is 5.92 Å². The van der Waals surface area contributed by atoms with Crippen LogP contribution in [-0.2, 0) is 19.3 Å². The van der Waals surface area contributed by atoms with Crippen molar-refractivity contribution in [3.63, 3.8) is 0 Å². The Morgan fingerprint density at radius 3 is 2.70 bits per heavy atom. The van der Waals surface area contributed by atoms with Crippen LogP contribution < -0.4 is 0 Å². The van der Waals surface area contributed by atoms with Gasteiger partial charge in [0.15, 0.2) is 5.16 Å². The Bertz CT molecular complexity index is 788. The third-order valence-electron chi connectivity index (χ3n) is 4.12. The molecule has 0 unspecified atom stereocenters. The first kappa shape index (κ1) is 14.5. The van der Waals surface area contributed by atoms with Gasteiger partial charge in [-0.1, -0.05) is 42.1 Å². The molecule has 1 saturated carbocycles. The second-order valence-corrected chi connectivity index (χ2v) is 6.87. The average molecular weight is 325 g/mol. The van der Waals surface area contributed by atoms with Gasteiger partial charge in [-0.2, -0.15) is 0 Å². The van der Waals surface area contributed by atoms with E-state index in [-0.39, 0.29) is 0 Å². The van der Waals surface area contributed by atoms with Crippen LogP contribution in [0.3, 0.4) is 0 Å². The van der Waals surface area contributed by atoms with Gasteiger partial charge in [0.1, 0.15) is 11.6 Å². The molecule has 3 aromatic rings. The molecule has 0 atom stereocenters. The second-order valence-electron chi connectivity index (χ2n) is 5.93. The van der Waals surface area contributed by atoms with Crippen LogP contribution in [0.4, 0.5) is 0 Å². The molecule has 0 radical (unpaired) electrons. The molecular formula is C17H19N5S. The molecule has 0 saturated heterocycles. The summed E-state index contributed by atoms with van der Waals surface area (Å²) in [5.74, 6) is 3.59. The van der Waals surface area contributed by atoms with Gasteiger partial charge in [-0.05, 0) is 18.4 Å². The fraction of sp³-hybridized carbons (Fsp3) is 0.353. The third kappa shape index (κ3) is 3.17. The molecule has 4 rings (SSSR count). The van der Waals surface area contributed by atoms with Crippen LogP contribution in [0.5, 0.6) is 0 Å². The van der Waals surface area contributed by atoms with Crippen molar-refractivity contribution in [3.8, 4) is 0 Å². The lowest BCUT2D eigenvalue weighted by molar-refractivity contribution is 0.667. The highest BCUT2D eigenvalue weighted by Crippen LogP contribution is 2.40. The topological polar surface area (TPSA) is 48.5 Å². The molecule has 1 aliphatic carbocycles. The average Bonchev–Trinajstić information content (AvgIpc) is 3.22. The van der Waals surface area contributed by atoms with Gasteiger partial charge in [-0.15, -0.1) is 10.2 Å². The van der Waals surface area contributed by atoms with Crippen LogP contribution >= 0.6 is 11.8 Å². The highest BCUT2D eigenvalue weighted by atomic mass is 32.2. The number of aryl methyl sites for hydroxylation is 1. The molecule has 0 amide bonds. The van der Waals surface area contributed by atoms with Crippen LogP contribution in [0.2, 0.25) is 0 Å². The van der Waals surface area contributed by atoms with Crippen molar-refractivity contribution < 1.29 is 0 Å². The van der Waals surface area contributed by atoms with E-state index in [1.54, 1.807) is 11.8 Å². The maximum absolute atomic E-state index is 4.46. The van der Waals surface area contributed by atoms with Gasteiger partial charge >= 0.3 is 0 Å². The van der Waals surface area contributed by atoms with E-state index < -0.39 is 0 Å². The number of benzene rings is 1. The predicted octanol–water partition coefficient (Wildman–Crippen LogP) is 3.23. The molecule has 0 aliphatic heterocycles. The van der Waals surface area contributed by atoms with E-state index in [2.05, 4.69) is 44.0 Å². The Labute approximate surface area is 139 Å².